The van der Waals surface area contributed by atoms with Gasteiger partial charge in [-0.25, -0.2) is 4.39 Å². The van der Waals surface area contributed by atoms with E-state index in [9.17, 15) is 9.18 Å². The molecule has 19 heavy (non-hydrogen) atoms. The highest BCUT2D eigenvalue weighted by Crippen LogP contribution is 2.15. The Labute approximate surface area is 112 Å². The average molecular weight is 257 g/mol. The molecule has 98 valence electrons. The lowest BCUT2D eigenvalue weighted by Crippen LogP contribution is -2.04. The van der Waals surface area contributed by atoms with E-state index < -0.39 is 0 Å². The number of halogens is 1. The topological polar surface area (TPSA) is 43.1 Å². The highest BCUT2D eigenvalue weighted by atomic mass is 19.1. The van der Waals surface area contributed by atoms with E-state index >= 15 is 0 Å². The zero-order chi connectivity index (χ0) is 13.8. The summed E-state index contributed by atoms with van der Waals surface area (Å²) in [6.07, 6.45) is 1.08. The van der Waals surface area contributed by atoms with Gasteiger partial charge in [0.25, 0.3) is 0 Å². The lowest BCUT2D eigenvalue weighted by molar-refractivity contribution is 0.0982. The van der Waals surface area contributed by atoms with Crippen molar-refractivity contribution in [1.82, 2.24) is 0 Å². The van der Waals surface area contributed by atoms with E-state index in [4.69, 9.17) is 5.73 Å². The standard InChI is InChI=1S/C16H16FNO/c1-11-10-13(17)5-8-15(11)16(19)9-4-12-2-6-14(18)7-3-12/h2-3,5-8,10H,4,9,18H2,1H3. The molecule has 0 fully saturated rings. The predicted octanol–water partition coefficient (Wildman–Crippen LogP) is 3.53. The maximum Gasteiger partial charge on any atom is 0.163 e. The summed E-state index contributed by atoms with van der Waals surface area (Å²) >= 11 is 0. The number of carbonyl (C=O) groups is 1. The summed E-state index contributed by atoms with van der Waals surface area (Å²) in [6, 6.07) is 11.7. The molecule has 2 rings (SSSR count). The second kappa shape index (κ2) is 5.65. The van der Waals surface area contributed by atoms with Crippen LogP contribution in [0.3, 0.4) is 0 Å². The van der Waals surface area contributed by atoms with Crippen LogP contribution in [-0.4, -0.2) is 5.78 Å². The first-order chi connectivity index (χ1) is 9.06. The molecule has 0 aliphatic heterocycles. The van der Waals surface area contributed by atoms with Gasteiger partial charge in [0.05, 0.1) is 0 Å². The Balaban J connectivity index is 2.03. The van der Waals surface area contributed by atoms with Crippen molar-refractivity contribution in [2.45, 2.75) is 19.8 Å². The smallest absolute Gasteiger partial charge is 0.163 e. The Hall–Kier alpha value is -2.16. The molecule has 0 saturated heterocycles. The SMILES string of the molecule is Cc1cc(F)ccc1C(=O)CCc1ccc(N)cc1. The first-order valence-electron chi connectivity index (χ1n) is 6.20. The zero-order valence-corrected chi connectivity index (χ0v) is 10.8. The van der Waals surface area contributed by atoms with Gasteiger partial charge in [-0.1, -0.05) is 12.1 Å². The van der Waals surface area contributed by atoms with E-state index in [0.717, 1.165) is 5.56 Å². The van der Waals surface area contributed by atoms with Gasteiger partial charge in [0, 0.05) is 17.7 Å². The molecule has 2 aromatic carbocycles. The van der Waals surface area contributed by atoms with E-state index in [0.29, 0.717) is 29.7 Å². The van der Waals surface area contributed by atoms with E-state index in [1.807, 2.05) is 24.3 Å². The molecule has 2 N–H and O–H groups in total. The monoisotopic (exact) mass is 257 g/mol. The molecular weight excluding hydrogens is 241 g/mol. The number of nitrogens with two attached hydrogens (primary N) is 1. The number of Topliss-reactive ketones (excluding diaryl/α,β-unsaturated/α-hetero) is 1. The summed E-state index contributed by atoms with van der Waals surface area (Å²) in [5, 5.41) is 0. The lowest BCUT2D eigenvalue weighted by Gasteiger charge is -2.05. The van der Waals surface area contributed by atoms with E-state index in [-0.39, 0.29) is 11.6 Å². The summed E-state index contributed by atoms with van der Waals surface area (Å²) < 4.78 is 13.0. The molecule has 0 bridgehead atoms. The third-order valence-electron chi connectivity index (χ3n) is 3.11. The molecule has 0 saturated carbocycles. The molecule has 2 nitrogen and oxygen atoms in total. The highest BCUT2D eigenvalue weighted by molar-refractivity contribution is 5.97. The van der Waals surface area contributed by atoms with Gasteiger partial charge in [-0.3, -0.25) is 4.79 Å². The van der Waals surface area contributed by atoms with Crippen molar-refractivity contribution in [3.63, 3.8) is 0 Å². The first-order valence-corrected chi connectivity index (χ1v) is 6.20. The molecule has 0 atom stereocenters. The van der Waals surface area contributed by atoms with Gasteiger partial charge in [0.15, 0.2) is 5.78 Å². The van der Waals surface area contributed by atoms with Crippen LogP contribution in [0.25, 0.3) is 0 Å². The Kier molecular flexibility index (Phi) is 3.95. The molecule has 0 heterocycles. The van der Waals surface area contributed by atoms with Gasteiger partial charge in [-0.15, -0.1) is 0 Å². The lowest BCUT2D eigenvalue weighted by atomic mass is 9.99. The third-order valence-corrected chi connectivity index (χ3v) is 3.11. The minimum atomic E-state index is -0.312. The number of carbonyl (C=O) groups excluding carboxylic acids is 1. The molecule has 2 aromatic rings. The second-order valence-corrected chi connectivity index (χ2v) is 4.62. The second-order valence-electron chi connectivity index (χ2n) is 4.62. The van der Waals surface area contributed by atoms with Gasteiger partial charge < -0.3 is 5.73 Å². The molecule has 0 radical (unpaired) electrons. The molecule has 0 aromatic heterocycles. The van der Waals surface area contributed by atoms with Crippen LogP contribution in [0.2, 0.25) is 0 Å². The Morgan fingerprint density at radius 3 is 2.47 bits per heavy atom. The molecule has 3 heteroatoms. The van der Waals surface area contributed by atoms with Crippen LogP contribution in [0.4, 0.5) is 10.1 Å². The van der Waals surface area contributed by atoms with Crippen LogP contribution in [0.1, 0.15) is 27.9 Å². The first kappa shape index (κ1) is 13.3. The van der Waals surface area contributed by atoms with Crippen LogP contribution >= 0.6 is 0 Å². The summed E-state index contributed by atoms with van der Waals surface area (Å²) in [7, 11) is 0. The highest BCUT2D eigenvalue weighted by Gasteiger charge is 2.09. The fourth-order valence-corrected chi connectivity index (χ4v) is 2.02. The summed E-state index contributed by atoms with van der Waals surface area (Å²) in [4.78, 5) is 12.1. The van der Waals surface area contributed by atoms with E-state index in [1.54, 1.807) is 13.0 Å². The number of anilines is 1. The number of nitrogen functional groups attached to an aromatic ring is 1. The van der Waals surface area contributed by atoms with Crippen LogP contribution in [-0.2, 0) is 6.42 Å². The average Bonchev–Trinajstić information content (AvgIpc) is 2.37. The van der Waals surface area contributed by atoms with Crippen molar-refractivity contribution in [2.24, 2.45) is 0 Å². The van der Waals surface area contributed by atoms with Crippen molar-refractivity contribution in [1.29, 1.82) is 0 Å². The van der Waals surface area contributed by atoms with Crippen LogP contribution < -0.4 is 5.73 Å². The number of hydrogen-bond donors (Lipinski definition) is 1. The summed E-state index contributed by atoms with van der Waals surface area (Å²) in [6.45, 7) is 1.75. The minimum Gasteiger partial charge on any atom is -0.399 e. The fraction of sp³-hybridized carbons (Fsp3) is 0.188. The van der Waals surface area contributed by atoms with Crippen LogP contribution in [0.5, 0.6) is 0 Å². The number of benzene rings is 2. The van der Waals surface area contributed by atoms with Crippen LogP contribution in [0, 0.1) is 12.7 Å². The molecule has 0 amide bonds. The van der Waals surface area contributed by atoms with Crippen LogP contribution in [0.15, 0.2) is 42.5 Å². The number of hydrogen-bond acceptors (Lipinski definition) is 2. The van der Waals surface area contributed by atoms with Gasteiger partial charge in [-0.2, -0.15) is 0 Å². The Bertz CT molecular complexity index is 590. The third kappa shape index (κ3) is 3.41. The number of ketones is 1. The van der Waals surface area contributed by atoms with Gasteiger partial charge in [-0.05, 0) is 54.8 Å². The quantitative estimate of drug-likeness (QED) is 0.672. The summed E-state index contributed by atoms with van der Waals surface area (Å²) in [5.41, 5.74) is 8.67. The normalized spacial score (nSPS) is 10.4. The molecular formula is C16H16FNO. The van der Waals surface area contributed by atoms with Gasteiger partial charge in [0.2, 0.25) is 0 Å². The fourth-order valence-electron chi connectivity index (χ4n) is 2.02. The van der Waals surface area contributed by atoms with Crippen molar-refractivity contribution in [2.75, 3.05) is 5.73 Å². The Morgan fingerprint density at radius 2 is 1.84 bits per heavy atom. The van der Waals surface area contributed by atoms with E-state index in [2.05, 4.69) is 0 Å². The maximum atomic E-state index is 13.0. The molecule has 0 spiro atoms. The maximum absolute atomic E-state index is 13.0. The largest absolute Gasteiger partial charge is 0.399 e. The van der Waals surface area contributed by atoms with Crippen molar-refractivity contribution in [3.05, 3.63) is 65.0 Å². The van der Waals surface area contributed by atoms with Gasteiger partial charge in [0.1, 0.15) is 5.82 Å². The van der Waals surface area contributed by atoms with E-state index in [1.165, 1.54) is 12.1 Å². The Morgan fingerprint density at radius 1 is 1.16 bits per heavy atom. The van der Waals surface area contributed by atoms with Gasteiger partial charge >= 0.3 is 0 Å². The van der Waals surface area contributed by atoms with Crippen molar-refractivity contribution >= 4 is 11.5 Å². The molecule has 0 aliphatic carbocycles. The van der Waals surface area contributed by atoms with Crippen molar-refractivity contribution < 1.29 is 9.18 Å². The predicted molar refractivity (Wildman–Crippen MR) is 74.6 cm³/mol. The number of rotatable bonds is 4. The number of aryl methyl sites for hydroxylation is 2. The minimum absolute atomic E-state index is 0.0364. The molecule has 0 aliphatic rings. The zero-order valence-electron chi connectivity index (χ0n) is 10.8. The molecule has 0 unspecified atom stereocenters. The van der Waals surface area contributed by atoms with Crippen molar-refractivity contribution in [3.8, 4) is 0 Å². The summed E-state index contributed by atoms with van der Waals surface area (Å²) in [5.74, 6) is -0.276.